The lowest BCUT2D eigenvalue weighted by molar-refractivity contribution is -0.137. The molecule has 0 radical (unpaired) electrons. The first-order chi connectivity index (χ1) is 9.84. The molecule has 0 saturated carbocycles. The quantitative estimate of drug-likeness (QED) is 0.945. The summed E-state index contributed by atoms with van der Waals surface area (Å²) in [6.07, 6.45) is -2.99. The van der Waals surface area contributed by atoms with Gasteiger partial charge < -0.3 is 9.88 Å². The lowest BCUT2D eigenvalue weighted by Crippen LogP contribution is -2.20. The molecule has 2 aromatic rings. The number of hydrogen-bond acceptors (Lipinski definition) is 2. The number of hydrogen-bond donors (Lipinski definition) is 1. The van der Waals surface area contributed by atoms with E-state index in [0.717, 1.165) is 6.07 Å². The van der Waals surface area contributed by atoms with Gasteiger partial charge in [0.05, 0.1) is 11.3 Å². The maximum absolute atomic E-state index is 13.1. The van der Waals surface area contributed by atoms with Crippen LogP contribution in [-0.4, -0.2) is 11.6 Å². The minimum absolute atomic E-state index is 0.0138. The highest BCUT2D eigenvalue weighted by Crippen LogP contribution is 2.33. The minimum atomic E-state index is -4.45. The van der Waals surface area contributed by atoms with E-state index >= 15 is 0 Å². The second kappa shape index (κ2) is 5.73. The monoisotopic (exact) mass is 296 g/mol. The van der Waals surface area contributed by atoms with Crippen molar-refractivity contribution in [2.45, 2.75) is 19.6 Å². The number of halogens is 3. The molecule has 0 aliphatic heterocycles. The van der Waals surface area contributed by atoms with E-state index in [1.54, 1.807) is 20.0 Å². The van der Waals surface area contributed by atoms with Crippen molar-refractivity contribution >= 4 is 0 Å². The van der Waals surface area contributed by atoms with Gasteiger partial charge in [-0.2, -0.15) is 13.2 Å². The molecular formula is C15H15F3N2O. The number of rotatable bonds is 3. The molecule has 0 bridgehead atoms. The number of nitrogens with one attached hydrogen (secondary N) is 1. The van der Waals surface area contributed by atoms with E-state index in [0.29, 0.717) is 17.8 Å². The Labute approximate surface area is 120 Å². The van der Waals surface area contributed by atoms with Gasteiger partial charge in [-0.3, -0.25) is 4.79 Å². The number of pyridine rings is 1. The Balaban J connectivity index is 2.68. The van der Waals surface area contributed by atoms with Gasteiger partial charge in [0.1, 0.15) is 0 Å². The lowest BCUT2D eigenvalue weighted by Gasteiger charge is -2.18. The molecule has 0 saturated heterocycles. The van der Waals surface area contributed by atoms with Gasteiger partial charge in [-0.05, 0) is 26.1 Å². The number of alkyl halides is 3. The van der Waals surface area contributed by atoms with Crippen molar-refractivity contribution in [3.8, 4) is 5.69 Å². The summed E-state index contributed by atoms with van der Waals surface area (Å²) in [5, 5.41) is 2.83. The Morgan fingerprint density at radius 3 is 2.52 bits per heavy atom. The smallest absolute Gasteiger partial charge is 0.320 e. The zero-order valence-corrected chi connectivity index (χ0v) is 11.7. The standard InChI is InChI=1S/C15H15F3N2O/c1-10-7-14(21)11(8-19-2)9-20(10)13-6-4-3-5-12(13)15(16,17)18/h3-7,9,19H,8H2,1-2H3. The number of aromatic nitrogens is 1. The van der Waals surface area contributed by atoms with E-state index in [2.05, 4.69) is 5.32 Å². The summed E-state index contributed by atoms with van der Waals surface area (Å²) >= 11 is 0. The molecule has 0 unspecified atom stereocenters. The van der Waals surface area contributed by atoms with Gasteiger partial charge >= 0.3 is 6.18 Å². The Kier molecular flexibility index (Phi) is 4.18. The summed E-state index contributed by atoms with van der Waals surface area (Å²) in [7, 11) is 1.67. The van der Waals surface area contributed by atoms with Crippen molar-refractivity contribution in [3.63, 3.8) is 0 Å². The summed E-state index contributed by atoms with van der Waals surface area (Å²) in [6.45, 7) is 1.91. The van der Waals surface area contributed by atoms with Crippen LogP contribution in [-0.2, 0) is 12.7 Å². The van der Waals surface area contributed by atoms with E-state index in [1.807, 2.05) is 0 Å². The molecule has 1 aromatic carbocycles. The highest BCUT2D eigenvalue weighted by Gasteiger charge is 2.33. The molecule has 112 valence electrons. The van der Waals surface area contributed by atoms with E-state index in [9.17, 15) is 18.0 Å². The van der Waals surface area contributed by atoms with Crippen LogP contribution in [0.5, 0.6) is 0 Å². The van der Waals surface area contributed by atoms with Crippen molar-refractivity contribution in [2.24, 2.45) is 0 Å². The molecule has 0 spiro atoms. The molecule has 0 aliphatic carbocycles. The fourth-order valence-corrected chi connectivity index (χ4v) is 2.18. The normalized spacial score (nSPS) is 11.7. The molecule has 3 nitrogen and oxygen atoms in total. The first-order valence-electron chi connectivity index (χ1n) is 6.38. The molecule has 21 heavy (non-hydrogen) atoms. The topological polar surface area (TPSA) is 34.0 Å². The first kappa shape index (κ1) is 15.3. The van der Waals surface area contributed by atoms with Crippen molar-refractivity contribution in [1.82, 2.24) is 9.88 Å². The van der Waals surface area contributed by atoms with Gasteiger partial charge in [0.15, 0.2) is 5.43 Å². The van der Waals surface area contributed by atoms with Crippen LogP contribution in [0.2, 0.25) is 0 Å². The van der Waals surface area contributed by atoms with Crippen LogP contribution in [0.4, 0.5) is 13.2 Å². The maximum Gasteiger partial charge on any atom is 0.418 e. The summed E-state index contributed by atoms with van der Waals surface area (Å²) in [5.74, 6) is 0. The summed E-state index contributed by atoms with van der Waals surface area (Å²) in [6, 6.07) is 6.66. The second-order valence-electron chi connectivity index (χ2n) is 4.72. The first-order valence-corrected chi connectivity index (χ1v) is 6.38. The molecule has 2 rings (SSSR count). The predicted molar refractivity (Wildman–Crippen MR) is 74.5 cm³/mol. The third-order valence-corrected chi connectivity index (χ3v) is 3.16. The molecule has 1 N–H and O–H groups in total. The molecule has 0 fully saturated rings. The number of para-hydroxylation sites is 1. The van der Waals surface area contributed by atoms with Crippen LogP contribution in [0, 0.1) is 6.92 Å². The fourth-order valence-electron chi connectivity index (χ4n) is 2.18. The van der Waals surface area contributed by atoms with E-state index in [1.165, 1.54) is 29.0 Å². The third kappa shape index (κ3) is 3.16. The molecule has 0 atom stereocenters. The fraction of sp³-hybridized carbons (Fsp3) is 0.267. The van der Waals surface area contributed by atoms with Crippen LogP contribution < -0.4 is 10.7 Å². The zero-order valence-electron chi connectivity index (χ0n) is 11.7. The van der Waals surface area contributed by atoms with E-state index < -0.39 is 11.7 Å². The summed E-state index contributed by atoms with van der Waals surface area (Å²) < 4.78 is 40.7. The van der Waals surface area contributed by atoms with Gasteiger partial charge in [-0.15, -0.1) is 0 Å². The van der Waals surface area contributed by atoms with Crippen molar-refractivity contribution in [3.05, 3.63) is 63.6 Å². The Morgan fingerprint density at radius 1 is 1.24 bits per heavy atom. The van der Waals surface area contributed by atoms with Crippen molar-refractivity contribution < 1.29 is 13.2 Å². The number of benzene rings is 1. The molecule has 1 heterocycles. The number of aryl methyl sites for hydroxylation is 1. The Bertz CT molecular complexity index is 705. The van der Waals surface area contributed by atoms with Crippen LogP contribution in [0.1, 0.15) is 16.8 Å². The molecule has 0 aliphatic rings. The average Bonchev–Trinajstić information content (AvgIpc) is 2.41. The minimum Gasteiger partial charge on any atom is -0.320 e. The average molecular weight is 296 g/mol. The largest absolute Gasteiger partial charge is 0.418 e. The predicted octanol–water partition coefficient (Wildman–Crippen LogP) is 2.88. The summed E-state index contributed by atoms with van der Waals surface area (Å²) in [4.78, 5) is 11.8. The van der Waals surface area contributed by atoms with Gasteiger partial charge in [0.2, 0.25) is 0 Å². The van der Waals surface area contributed by atoms with Crippen LogP contribution in [0.25, 0.3) is 5.69 Å². The zero-order chi connectivity index (χ0) is 15.6. The highest BCUT2D eigenvalue weighted by molar-refractivity contribution is 5.44. The van der Waals surface area contributed by atoms with Crippen LogP contribution in [0.3, 0.4) is 0 Å². The number of nitrogens with zero attached hydrogens (tertiary/aromatic N) is 1. The molecule has 6 heteroatoms. The Morgan fingerprint density at radius 2 is 1.90 bits per heavy atom. The molecule has 1 aromatic heterocycles. The van der Waals surface area contributed by atoms with Crippen LogP contribution in [0.15, 0.2) is 41.3 Å². The highest BCUT2D eigenvalue weighted by atomic mass is 19.4. The van der Waals surface area contributed by atoms with Gasteiger partial charge in [-0.25, -0.2) is 0 Å². The molecule has 0 amide bonds. The van der Waals surface area contributed by atoms with Crippen molar-refractivity contribution in [1.29, 1.82) is 0 Å². The summed E-state index contributed by atoms with van der Waals surface area (Å²) in [5.41, 5.74) is -0.0359. The van der Waals surface area contributed by atoms with Gasteiger partial charge in [-0.1, -0.05) is 12.1 Å². The second-order valence-corrected chi connectivity index (χ2v) is 4.72. The molecular weight excluding hydrogens is 281 g/mol. The van der Waals surface area contributed by atoms with Crippen LogP contribution >= 0.6 is 0 Å². The lowest BCUT2D eigenvalue weighted by atomic mass is 10.1. The SMILES string of the molecule is CNCc1cn(-c2ccccc2C(F)(F)F)c(C)cc1=O. The van der Waals surface area contributed by atoms with E-state index in [4.69, 9.17) is 0 Å². The Hall–Kier alpha value is -2.08. The van der Waals surface area contributed by atoms with E-state index in [-0.39, 0.29) is 11.1 Å². The van der Waals surface area contributed by atoms with Gasteiger partial charge in [0, 0.05) is 30.1 Å². The third-order valence-electron chi connectivity index (χ3n) is 3.16. The van der Waals surface area contributed by atoms with Gasteiger partial charge in [0.25, 0.3) is 0 Å². The maximum atomic E-state index is 13.1. The van der Waals surface area contributed by atoms with Crippen molar-refractivity contribution in [2.75, 3.05) is 7.05 Å².